The van der Waals surface area contributed by atoms with Gasteiger partial charge in [-0.25, -0.2) is 4.79 Å². The minimum absolute atomic E-state index is 0.296. The Hall–Kier alpha value is -1.39. The molecular weight excluding hydrogens is 312 g/mol. The maximum Gasteiger partial charge on any atom is 0.336 e. The van der Waals surface area contributed by atoms with E-state index in [9.17, 15) is 9.90 Å². The van der Waals surface area contributed by atoms with E-state index in [-0.39, 0.29) is 0 Å². The Morgan fingerprint density at radius 1 is 1.39 bits per heavy atom. The number of hydrogen-bond acceptors (Lipinski definition) is 2. The lowest BCUT2D eigenvalue weighted by molar-refractivity contribution is -0.130. The number of halogens is 1. The zero-order chi connectivity index (χ0) is 13.1. The van der Waals surface area contributed by atoms with Gasteiger partial charge >= 0.3 is 5.97 Å². The topological polar surface area (TPSA) is 37.3 Å². The molecule has 0 atom stereocenters. The highest BCUT2D eigenvalue weighted by Crippen LogP contribution is 2.27. The number of rotatable bonds is 3. The van der Waals surface area contributed by atoms with Crippen LogP contribution in [0.25, 0.3) is 11.6 Å². The summed E-state index contributed by atoms with van der Waals surface area (Å²) in [5, 5.41) is 11.3. The Bertz CT molecular complexity index is 614. The molecule has 2 rings (SSSR count). The molecule has 2 aromatic rings. The number of aliphatic carboxylic acids is 1. The molecule has 1 aromatic carbocycles. The summed E-state index contributed by atoms with van der Waals surface area (Å²) < 4.78 is 0.784. The van der Waals surface area contributed by atoms with Gasteiger partial charge in [0.2, 0.25) is 0 Å². The number of carboxylic acids is 1. The molecule has 0 aliphatic carbocycles. The maximum atomic E-state index is 11.4. The van der Waals surface area contributed by atoms with Gasteiger partial charge in [0.1, 0.15) is 0 Å². The van der Waals surface area contributed by atoms with Crippen LogP contribution in [0.15, 0.2) is 40.2 Å². The molecule has 1 N–H and O–H groups in total. The molecule has 0 radical (unpaired) electrons. The van der Waals surface area contributed by atoms with Crippen LogP contribution in [0.4, 0.5) is 0 Å². The second-order valence-electron chi connectivity index (χ2n) is 3.87. The van der Waals surface area contributed by atoms with Gasteiger partial charge in [-0.3, -0.25) is 0 Å². The largest absolute Gasteiger partial charge is 0.478 e. The van der Waals surface area contributed by atoms with Gasteiger partial charge in [-0.15, -0.1) is 11.3 Å². The van der Waals surface area contributed by atoms with E-state index in [2.05, 4.69) is 15.9 Å². The number of carboxylic acid groups (broad SMARTS) is 1. The number of thiophene rings is 1. The van der Waals surface area contributed by atoms with Crippen molar-refractivity contribution in [1.29, 1.82) is 0 Å². The fourth-order valence-corrected chi connectivity index (χ4v) is 2.93. The molecule has 0 saturated heterocycles. The Balaban J connectivity index is 2.50. The average molecular weight is 323 g/mol. The van der Waals surface area contributed by atoms with Crippen LogP contribution in [0.1, 0.15) is 16.0 Å². The van der Waals surface area contributed by atoms with Crippen molar-refractivity contribution >= 4 is 44.9 Å². The molecule has 0 fully saturated rings. The highest BCUT2D eigenvalue weighted by Gasteiger charge is 2.13. The molecule has 0 saturated carbocycles. The predicted octanol–water partition coefficient (Wildman–Crippen LogP) is 4.44. The lowest BCUT2D eigenvalue weighted by Crippen LogP contribution is -2.00. The number of aryl methyl sites for hydroxylation is 1. The zero-order valence-corrected chi connectivity index (χ0v) is 12.1. The first-order valence-electron chi connectivity index (χ1n) is 5.33. The Kier molecular flexibility index (Phi) is 3.99. The van der Waals surface area contributed by atoms with E-state index in [4.69, 9.17) is 0 Å². The van der Waals surface area contributed by atoms with E-state index in [0.29, 0.717) is 11.1 Å². The molecule has 92 valence electrons. The van der Waals surface area contributed by atoms with Crippen LogP contribution in [0.3, 0.4) is 0 Å². The minimum Gasteiger partial charge on any atom is -0.478 e. The van der Waals surface area contributed by atoms with Crippen LogP contribution in [0.5, 0.6) is 0 Å². The first-order valence-corrected chi connectivity index (χ1v) is 7.00. The number of hydrogen-bond donors (Lipinski definition) is 1. The van der Waals surface area contributed by atoms with Gasteiger partial charge in [-0.05, 0) is 36.1 Å². The normalized spacial score (nSPS) is 11.6. The van der Waals surface area contributed by atoms with Crippen LogP contribution in [-0.4, -0.2) is 11.1 Å². The third-order valence-corrected chi connectivity index (χ3v) is 4.12. The zero-order valence-electron chi connectivity index (χ0n) is 9.68. The lowest BCUT2D eigenvalue weighted by atomic mass is 10.1. The number of carbonyl (C=O) groups is 1. The van der Waals surface area contributed by atoms with E-state index in [1.807, 2.05) is 36.6 Å². The molecule has 1 heterocycles. The summed E-state index contributed by atoms with van der Waals surface area (Å²) in [4.78, 5) is 12.3. The SMILES string of the molecule is Cc1csc(C=C(C(=O)O)c2ccccc2Br)c1. The Morgan fingerprint density at radius 3 is 2.67 bits per heavy atom. The second kappa shape index (κ2) is 5.50. The van der Waals surface area contributed by atoms with Gasteiger partial charge in [-0.2, -0.15) is 0 Å². The van der Waals surface area contributed by atoms with Crippen molar-refractivity contribution in [2.75, 3.05) is 0 Å². The summed E-state index contributed by atoms with van der Waals surface area (Å²) in [6.45, 7) is 1.99. The van der Waals surface area contributed by atoms with Crippen LogP contribution < -0.4 is 0 Å². The summed E-state index contributed by atoms with van der Waals surface area (Å²) in [5.74, 6) is -0.923. The van der Waals surface area contributed by atoms with Crippen molar-refractivity contribution in [3.8, 4) is 0 Å². The van der Waals surface area contributed by atoms with Crippen molar-refractivity contribution in [3.05, 3.63) is 56.2 Å². The summed E-state index contributed by atoms with van der Waals surface area (Å²) in [5.41, 5.74) is 2.13. The van der Waals surface area contributed by atoms with Crippen LogP contribution in [-0.2, 0) is 4.79 Å². The average Bonchev–Trinajstić information content (AvgIpc) is 2.73. The molecule has 0 spiro atoms. The van der Waals surface area contributed by atoms with Crippen molar-refractivity contribution in [2.45, 2.75) is 6.92 Å². The molecule has 18 heavy (non-hydrogen) atoms. The standard InChI is InChI=1S/C14H11BrO2S/c1-9-6-10(18-8-9)7-12(14(16)17)11-4-2-3-5-13(11)15/h2-8H,1H3,(H,16,17). The Labute approximate surface area is 118 Å². The van der Waals surface area contributed by atoms with Crippen LogP contribution in [0, 0.1) is 6.92 Å². The molecule has 0 aliphatic rings. The smallest absolute Gasteiger partial charge is 0.336 e. The third-order valence-electron chi connectivity index (χ3n) is 2.43. The van der Waals surface area contributed by atoms with Crippen molar-refractivity contribution < 1.29 is 9.90 Å². The highest BCUT2D eigenvalue weighted by atomic mass is 79.9. The molecule has 4 heteroatoms. The van der Waals surface area contributed by atoms with Gasteiger partial charge in [0.15, 0.2) is 0 Å². The summed E-state index contributed by atoms with van der Waals surface area (Å²) in [6.07, 6.45) is 1.71. The van der Waals surface area contributed by atoms with Gasteiger partial charge in [-0.1, -0.05) is 34.1 Å². The van der Waals surface area contributed by atoms with E-state index in [1.165, 1.54) is 0 Å². The van der Waals surface area contributed by atoms with Gasteiger partial charge in [0, 0.05) is 14.9 Å². The maximum absolute atomic E-state index is 11.4. The fourth-order valence-electron chi connectivity index (χ4n) is 1.61. The summed E-state index contributed by atoms with van der Waals surface area (Å²) in [6, 6.07) is 9.31. The van der Waals surface area contributed by atoms with E-state index in [0.717, 1.165) is 14.9 Å². The van der Waals surface area contributed by atoms with Crippen molar-refractivity contribution in [2.24, 2.45) is 0 Å². The van der Waals surface area contributed by atoms with Crippen LogP contribution in [0.2, 0.25) is 0 Å². The van der Waals surface area contributed by atoms with E-state index >= 15 is 0 Å². The van der Waals surface area contributed by atoms with Crippen molar-refractivity contribution in [3.63, 3.8) is 0 Å². The third kappa shape index (κ3) is 2.89. The fraction of sp³-hybridized carbons (Fsp3) is 0.0714. The number of benzene rings is 1. The first-order chi connectivity index (χ1) is 8.58. The van der Waals surface area contributed by atoms with Gasteiger partial charge in [0.25, 0.3) is 0 Å². The second-order valence-corrected chi connectivity index (χ2v) is 5.67. The predicted molar refractivity (Wildman–Crippen MR) is 78.7 cm³/mol. The molecule has 1 aromatic heterocycles. The quantitative estimate of drug-likeness (QED) is 0.848. The van der Waals surface area contributed by atoms with Crippen LogP contribution >= 0.6 is 27.3 Å². The van der Waals surface area contributed by atoms with Gasteiger partial charge < -0.3 is 5.11 Å². The van der Waals surface area contributed by atoms with E-state index < -0.39 is 5.97 Å². The molecule has 2 nitrogen and oxygen atoms in total. The lowest BCUT2D eigenvalue weighted by Gasteiger charge is -2.04. The first kappa shape index (κ1) is 13.1. The van der Waals surface area contributed by atoms with Gasteiger partial charge in [0.05, 0.1) is 5.57 Å². The monoisotopic (exact) mass is 322 g/mol. The molecule has 0 bridgehead atoms. The highest BCUT2D eigenvalue weighted by molar-refractivity contribution is 9.10. The summed E-state index contributed by atoms with van der Waals surface area (Å²) in [7, 11) is 0. The van der Waals surface area contributed by atoms with Crippen molar-refractivity contribution in [1.82, 2.24) is 0 Å². The van der Waals surface area contributed by atoms with E-state index in [1.54, 1.807) is 23.5 Å². The summed E-state index contributed by atoms with van der Waals surface area (Å²) >= 11 is 4.92. The Morgan fingerprint density at radius 2 is 2.11 bits per heavy atom. The molecule has 0 amide bonds. The minimum atomic E-state index is -0.923. The molecule has 0 aliphatic heterocycles. The molecular formula is C14H11BrO2S. The molecule has 0 unspecified atom stereocenters.